The maximum absolute atomic E-state index is 13.4. The summed E-state index contributed by atoms with van der Waals surface area (Å²) >= 11 is 0. The van der Waals surface area contributed by atoms with E-state index in [9.17, 15) is 19.1 Å². The Bertz CT molecular complexity index is 1180. The Kier molecular flexibility index (Phi) is 5.68. The first-order chi connectivity index (χ1) is 15.4. The fraction of sp³-hybridized carbons (Fsp3) is 0.167. The maximum atomic E-state index is 13.4. The van der Waals surface area contributed by atoms with Crippen LogP contribution in [0.3, 0.4) is 0 Å². The number of hydrogen-bond acceptors (Lipinski definition) is 6. The highest BCUT2D eigenvalue weighted by molar-refractivity contribution is 6.46. The first-order valence-electron chi connectivity index (χ1n) is 9.73. The third-order valence-electron chi connectivity index (χ3n) is 5.30. The van der Waals surface area contributed by atoms with Crippen LogP contribution in [0.2, 0.25) is 0 Å². The van der Waals surface area contributed by atoms with E-state index >= 15 is 0 Å². The first kappa shape index (κ1) is 21.2. The van der Waals surface area contributed by atoms with E-state index in [1.807, 2.05) is 0 Å². The summed E-state index contributed by atoms with van der Waals surface area (Å²) in [5.41, 5.74) is 0.509. The quantitative estimate of drug-likeness (QED) is 0.355. The number of methoxy groups -OCH3 is 2. The number of halogens is 1. The molecule has 0 bridgehead atoms. The van der Waals surface area contributed by atoms with Gasteiger partial charge in [0.25, 0.3) is 11.7 Å². The van der Waals surface area contributed by atoms with Crippen molar-refractivity contribution in [2.24, 2.45) is 0 Å². The molecule has 1 amide bonds. The molecule has 0 saturated carbocycles. The standard InChI is InChI=1S/C24H20FNO6/c1-30-16-9-10-19(31-2)18(12-16)21-20(22(27)14-5-7-15(25)8-6-14)23(28)24(29)26(21)13-17-4-3-11-32-17/h3-12,21,27H,13H2,1-2H3/b22-20+. The number of ether oxygens (including phenoxy) is 2. The van der Waals surface area contributed by atoms with Crippen LogP contribution in [0, 0.1) is 5.82 Å². The summed E-state index contributed by atoms with van der Waals surface area (Å²) in [7, 11) is 2.95. The molecule has 1 N–H and O–H groups in total. The highest BCUT2D eigenvalue weighted by atomic mass is 19.1. The van der Waals surface area contributed by atoms with Crippen LogP contribution >= 0.6 is 0 Å². The number of rotatable bonds is 6. The number of aliphatic hydroxyl groups excluding tert-OH is 1. The summed E-state index contributed by atoms with van der Waals surface area (Å²) in [4.78, 5) is 27.4. The average Bonchev–Trinajstić information content (AvgIpc) is 3.41. The first-order valence-corrected chi connectivity index (χ1v) is 9.73. The van der Waals surface area contributed by atoms with Gasteiger partial charge in [-0.05, 0) is 54.6 Å². The number of aliphatic hydroxyl groups is 1. The van der Waals surface area contributed by atoms with Gasteiger partial charge < -0.3 is 23.9 Å². The Morgan fingerprint density at radius 2 is 1.84 bits per heavy atom. The van der Waals surface area contributed by atoms with E-state index < -0.39 is 29.3 Å². The van der Waals surface area contributed by atoms with E-state index in [1.54, 1.807) is 30.3 Å². The average molecular weight is 437 g/mol. The molecule has 0 radical (unpaired) electrons. The minimum Gasteiger partial charge on any atom is -0.507 e. The molecular formula is C24H20FNO6. The predicted octanol–water partition coefficient (Wildman–Crippen LogP) is 4.06. The minimum atomic E-state index is -0.991. The van der Waals surface area contributed by atoms with Crippen LogP contribution in [0.15, 0.2) is 70.9 Å². The van der Waals surface area contributed by atoms with Gasteiger partial charge in [0.2, 0.25) is 0 Å². The molecular weight excluding hydrogens is 417 g/mol. The van der Waals surface area contributed by atoms with E-state index in [0.717, 1.165) is 12.1 Å². The summed E-state index contributed by atoms with van der Waals surface area (Å²) in [6.07, 6.45) is 1.46. The lowest BCUT2D eigenvalue weighted by Gasteiger charge is -2.26. The Morgan fingerprint density at radius 3 is 2.47 bits per heavy atom. The van der Waals surface area contributed by atoms with Gasteiger partial charge in [0.05, 0.1) is 38.6 Å². The molecule has 0 spiro atoms. The largest absolute Gasteiger partial charge is 0.507 e. The molecule has 164 valence electrons. The molecule has 1 aromatic heterocycles. The third-order valence-corrected chi connectivity index (χ3v) is 5.30. The molecule has 8 heteroatoms. The van der Waals surface area contributed by atoms with Gasteiger partial charge in [-0.15, -0.1) is 0 Å². The lowest BCUT2D eigenvalue weighted by Crippen LogP contribution is -2.29. The van der Waals surface area contributed by atoms with E-state index in [-0.39, 0.29) is 17.7 Å². The smallest absolute Gasteiger partial charge is 0.296 e. The van der Waals surface area contributed by atoms with Gasteiger partial charge in [-0.3, -0.25) is 9.59 Å². The normalized spacial score (nSPS) is 17.6. The van der Waals surface area contributed by atoms with Crippen LogP contribution < -0.4 is 9.47 Å². The van der Waals surface area contributed by atoms with Gasteiger partial charge in [-0.2, -0.15) is 0 Å². The van der Waals surface area contributed by atoms with Crippen LogP contribution in [0.4, 0.5) is 4.39 Å². The number of carbonyl (C=O) groups excluding carboxylic acids is 2. The molecule has 2 aromatic carbocycles. The zero-order valence-electron chi connectivity index (χ0n) is 17.4. The van der Waals surface area contributed by atoms with Crippen molar-refractivity contribution in [3.05, 3.63) is 89.1 Å². The maximum Gasteiger partial charge on any atom is 0.296 e. The van der Waals surface area contributed by atoms with Gasteiger partial charge in [-0.25, -0.2) is 4.39 Å². The summed E-state index contributed by atoms with van der Waals surface area (Å²) in [6, 6.07) is 12.3. The van der Waals surface area contributed by atoms with Gasteiger partial charge >= 0.3 is 0 Å². The summed E-state index contributed by atoms with van der Waals surface area (Å²) in [6.45, 7) is -0.0111. The van der Waals surface area contributed by atoms with Crippen LogP contribution in [0.25, 0.3) is 5.76 Å². The fourth-order valence-corrected chi connectivity index (χ4v) is 3.75. The van der Waals surface area contributed by atoms with E-state index in [1.165, 1.54) is 37.5 Å². The Labute approximate surface area is 183 Å². The highest BCUT2D eigenvalue weighted by Crippen LogP contribution is 2.44. The molecule has 1 aliphatic heterocycles. The Balaban J connectivity index is 1.93. The summed E-state index contributed by atoms with van der Waals surface area (Å²) < 4.78 is 29.6. The number of nitrogens with zero attached hydrogens (tertiary/aromatic N) is 1. The number of likely N-dealkylation sites (tertiary alicyclic amines) is 1. The van der Waals surface area contributed by atoms with Crippen molar-refractivity contribution >= 4 is 17.4 Å². The lowest BCUT2D eigenvalue weighted by molar-refractivity contribution is -0.140. The molecule has 4 rings (SSSR count). The SMILES string of the molecule is COc1ccc(OC)c(C2/C(=C(\O)c3ccc(F)cc3)C(=O)C(=O)N2Cc2ccco2)c1. The van der Waals surface area contributed by atoms with Gasteiger partial charge in [-0.1, -0.05) is 0 Å². The number of hydrogen-bond donors (Lipinski definition) is 1. The minimum absolute atomic E-state index is 0.0111. The molecule has 1 atom stereocenters. The topological polar surface area (TPSA) is 89.2 Å². The zero-order valence-corrected chi connectivity index (χ0v) is 17.4. The number of ketones is 1. The van der Waals surface area contributed by atoms with Crippen molar-refractivity contribution in [3.63, 3.8) is 0 Å². The molecule has 1 unspecified atom stereocenters. The van der Waals surface area contributed by atoms with Crippen molar-refractivity contribution in [2.75, 3.05) is 14.2 Å². The van der Waals surface area contributed by atoms with Gasteiger partial charge in [0, 0.05) is 11.1 Å². The van der Waals surface area contributed by atoms with Crippen molar-refractivity contribution in [1.29, 1.82) is 0 Å². The van der Waals surface area contributed by atoms with E-state index in [0.29, 0.717) is 22.8 Å². The number of benzene rings is 2. The van der Waals surface area contributed by atoms with Crippen LogP contribution in [-0.2, 0) is 16.1 Å². The van der Waals surface area contributed by atoms with Gasteiger partial charge in [0.1, 0.15) is 28.8 Å². The van der Waals surface area contributed by atoms with E-state index in [4.69, 9.17) is 13.9 Å². The number of Topliss-reactive ketones (excluding diaryl/α,β-unsaturated/α-hetero) is 1. The zero-order chi connectivity index (χ0) is 22.8. The lowest BCUT2D eigenvalue weighted by atomic mass is 9.94. The molecule has 1 fully saturated rings. The number of amides is 1. The summed E-state index contributed by atoms with van der Waals surface area (Å²) in [5, 5.41) is 11.0. The highest BCUT2D eigenvalue weighted by Gasteiger charge is 2.47. The van der Waals surface area contributed by atoms with Crippen molar-refractivity contribution < 1.29 is 33.0 Å². The molecule has 7 nitrogen and oxygen atoms in total. The molecule has 1 aliphatic rings. The Hall–Kier alpha value is -4.07. The number of furan rings is 1. The van der Waals surface area contributed by atoms with Crippen LogP contribution in [-0.4, -0.2) is 35.9 Å². The number of carbonyl (C=O) groups is 2. The molecule has 1 saturated heterocycles. The van der Waals surface area contributed by atoms with Gasteiger partial charge in [0.15, 0.2) is 0 Å². The predicted molar refractivity (Wildman–Crippen MR) is 113 cm³/mol. The molecule has 3 aromatic rings. The molecule has 2 heterocycles. The molecule has 32 heavy (non-hydrogen) atoms. The van der Waals surface area contributed by atoms with Crippen molar-refractivity contribution in [1.82, 2.24) is 4.90 Å². The van der Waals surface area contributed by atoms with Crippen LogP contribution in [0.1, 0.15) is 22.9 Å². The Morgan fingerprint density at radius 1 is 1.09 bits per heavy atom. The second kappa shape index (κ2) is 8.58. The summed E-state index contributed by atoms with van der Waals surface area (Å²) in [5.74, 6) is -1.25. The fourth-order valence-electron chi connectivity index (χ4n) is 3.75. The van der Waals surface area contributed by atoms with Crippen LogP contribution in [0.5, 0.6) is 11.5 Å². The van der Waals surface area contributed by atoms with Crippen molar-refractivity contribution in [2.45, 2.75) is 12.6 Å². The second-order valence-corrected chi connectivity index (χ2v) is 7.12. The monoisotopic (exact) mass is 437 g/mol. The molecule has 0 aliphatic carbocycles. The van der Waals surface area contributed by atoms with E-state index in [2.05, 4.69) is 0 Å². The third kappa shape index (κ3) is 3.71. The second-order valence-electron chi connectivity index (χ2n) is 7.12. The van der Waals surface area contributed by atoms with Crippen molar-refractivity contribution in [3.8, 4) is 11.5 Å².